The summed E-state index contributed by atoms with van der Waals surface area (Å²) in [4.78, 5) is 0. The Hall–Kier alpha value is -1.75. The Morgan fingerprint density at radius 1 is 1.12 bits per heavy atom. The molecule has 4 nitrogen and oxygen atoms in total. The molecule has 0 amide bonds. The molecular weight excluding hydrogens is 348 g/mol. The highest BCUT2D eigenvalue weighted by atomic mass is 35.5. The number of hydrogen-bond acceptors (Lipinski definition) is 4. The smallest absolute Gasteiger partial charge is 0.180 e. The molecule has 1 aliphatic heterocycles. The van der Waals surface area contributed by atoms with Crippen molar-refractivity contribution in [2.75, 3.05) is 26.7 Å². The third-order valence-corrected chi connectivity index (χ3v) is 5.02. The Morgan fingerprint density at radius 3 is 2.62 bits per heavy atom. The normalized spacial score (nSPS) is 15.0. The predicted molar refractivity (Wildman–Crippen MR) is 106 cm³/mol. The molecule has 0 aliphatic carbocycles. The van der Waals surface area contributed by atoms with Crippen LogP contribution in [0.15, 0.2) is 42.5 Å². The molecule has 26 heavy (non-hydrogen) atoms. The van der Waals surface area contributed by atoms with Gasteiger partial charge in [0, 0.05) is 6.54 Å². The first-order chi connectivity index (χ1) is 12.8. The molecule has 140 valence electrons. The van der Waals surface area contributed by atoms with Gasteiger partial charge in [-0.25, -0.2) is 0 Å². The molecule has 1 fully saturated rings. The van der Waals surface area contributed by atoms with E-state index in [0.29, 0.717) is 23.1 Å². The van der Waals surface area contributed by atoms with E-state index in [2.05, 4.69) is 10.6 Å². The van der Waals surface area contributed by atoms with E-state index in [0.717, 1.165) is 43.2 Å². The van der Waals surface area contributed by atoms with Gasteiger partial charge in [-0.1, -0.05) is 41.9 Å². The molecule has 5 heteroatoms. The summed E-state index contributed by atoms with van der Waals surface area (Å²) in [5.74, 6) is 2.02. The van der Waals surface area contributed by atoms with Crippen molar-refractivity contribution in [3.05, 3.63) is 58.6 Å². The van der Waals surface area contributed by atoms with Crippen LogP contribution in [0.3, 0.4) is 0 Å². The summed E-state index contributed by atoms with van der Waals surface area (Å²) in [6, 6.07) is 14.0. The maximum absolute atomic E-state index is 6.47. The Labute approximate surface area is 160 Å². The van der Waals surface area contributed by atoms with Crippen LogP contribution in [0.5, 0.6) is 11.5 Å². The largest absolute Gasteiger partial charge is 0.493 e. The van der Waals surface area contributed by atoms with Gasteiger partial charge >= 0.3 is 0 Å². The summed E-state index contributed by atoms with van der Waals surface area (Å²) in [6.45, 7) is 4.52. The monoisotopic (exact) mass is 374 g/mol. The minimum absolute atomic E-state index is 0.463. The zero-order valence-corrected chi connectivity index (χ0v) is 16.0. The number of hydrogen-bond donors (Lipinski definition) is 2. The maximum Gasteiger partial charge on any atom is 0.180 e. The van der Waals surface area contributed by atoms with Crippen molar-refractivity contribution in [2.24, 2.45) is 5.92 Å². The van der Waals surface area contributed by atoms with Crippen LogP contribution in [0.25, 0.3) is 0 Å². The summed E-state index contributed by atoms with van der Waals surface area (Å²) in [6.07, 6.45) is 2.48. The van der Waals surface area contributed by atoms with E-state index >= 15 is 0 Å². The summed E-state index contributed by atoms with van der Waals surface area (Å²) >= 11 is 6.47. The molecule has 1 heterocycles. The molecule has 0 saturated carbocycles. The van der Waals surface area contributed by atoms with Crippen molar-refractivity contribution in [3.63, 3.8) is 0 Å². The predicted octanol–water partition coefficient (Wildman–Crippen LogP) is 4.02. The van der Waals surface area contributed by atoms with Crippen LogP contribution < -0.4 is 20.1 Å². The molecule has 2 aromatic rings. The number of ether oxygens (including phenoxy) is 2. The second kappa shape index (κ2) is 9.81. The molecule has 1 aliphatic rings. The number of rotatable bonds is 8. The van der Waals surface area contributed by atoms with E-state index in [1.807, 2.05) is 42.5 Å². The fourth-order valence-corrected chi connectivity index (χ4v) is 3.54. The van der Waals surface area contributed by atoms with Crippen LogP contribution in [0.2, 0.25) is 5.02 Å². The molecule has 1 saturated heterocycles. The highest BCUT2D eigenvalue weighted by molar-refractivity contribution is 6.32. The SMILES string of the molecule is COc1cc(CNCC2CCNCC2)cc(Cl)c1OCc1ccccc1. The van der Waals surface area contributed by atoms with Gasteiger partial charge < -0.3 is 20.1 Å². The third-order valence-electron chi connectivity index (χ3n) is 4.74. The molecule has 3 rings (SSSR count). The van der Waals surface area contributed by atoms with Crippen LogP contribution >= 0.6 is 11.6 Å². The van der Waals surface area contributed by atoms with E-state index in [-0.39, 0.29) is 0 Å². The van der Waals surface area contributed by atoms with Crippen molar-refractivity contribution in [1.82, 2.24) is 10.6 Å². The van der Waals surface area contributed by atoms with E-state index in [4.69, 9.17) is 21.1 Å². The standard InChI is InChI=1S/C21H27ClN2O2/c1-25-20-12-18(14-24-13-16-7-9-23-10-8-16)11-19(22)21(20)26-15-17-5-3-2-4-6-17/h2-6,11-12,16,23-24H,7-10,13-15H2,1H3. The number of halogens is 1. The van der Waals surface area contributed by atoms with Crippen molar-refractivity contribution in [3.8, 4) is 11.5 Å². The van der Waals surface area contributed by atoms with Gasteiger partial charge in [0.25, 0.3) is 0 Å². The van der Waals surface area contributed by atoms with E-state index < -0.39 is 0 Å². The summed E-state index contributed by atoms with van der Waals surface area (Å²) in [5, 5.41) is 7.53. The van der Waals surface area contributed by atoms with Crippen molar-refractivity contribution < 1.29 is 9.47 Å². The number of nitrogens with one attached hydrogen (secondary N) is 2. The van der Waals surface area contributed by atoms with E-state index in [1.54, 1.807) is 7.11 Å². The van der Waals surface area contributed by atoms with Gasteiger partial charge in [0.15, 0.2) is 11.5 Å². The number of methoxy groups -OCH3 is 1. The average Bonchev–Trinajstić information content (AvgIpc) is 2.68. The molecule has 0 spiro atoms. The van der Waals surface area contributed by atoms with Crippen molar-refractivity contribution in [1.29, 1.82) is 0 Å². The second-order valence-corrected chi connectivity index (χ2v) is 7.11. The molecule has 2 N–H and O–H groups in total. The highest BCUT2D eigenvalue weighted by Gasteiger charge is 2.14. The Bertz CT molecular complexity index is 688. The zero-order chi connectivity index (χ0) is 18.2. The summed E-state index contributed by atoms with van der Waals surface area (Å²) < 4.78 is 11.4. The molecule has 0 unspecified atom stereocenters. The first-order valence-corrected chi connectivity index (χ1v) is 9.58. The van der Waals surface area contributed by atoms with E-state index in [9.17, 15) is 0 Å². The van der Waals surface area contributed by atoms with Crippen LogP contribution in [0, 0.1) is 5.92 Å². The molecule has 0 bridgehead atoms. The lowest BCUT2D eigenvalue weighted by Gasteiger charge is -2.23. The fraction of sp³-hybridized carbons (Fsp3) is 0.429. The van der Waals surface area contributed by atoms with E-state index in [1.165, 1.54) is 12.8 Å². The van der Waals surface area contributed by atoms with Crippen LogP contribution in [0.1, 0.15) is 24.0 Å². The average molecular weight is 375 g/mol. The first-order valence-electron chi connectivity index (χ1n) is 9.21. The topological polar surface area (TPSA) is 42.5 Å². The van der Waals surface area contributed by atoms with Gasteiger partial charge in [-0.2, -0.15) is 0 Å². The molecular formula is C21H27ClN2O2. The van der Waals surface area contributed by atoms with Crippen LogP contribution in [0.4, 0.5) is 0 Å². The van der Waals surface area contributed by atoms with Crippen LogP contribution in [-0.2, 0) is 13.2 Å². The minimum Gasteiger partial charge on any atom is -0.493 e. The third kappa shape index (κ3) is 5.37. The zero-order valence-electron chi connectivity index (χ0n) is 15.3. The fourth-order valence-electron chi connectivity index (χ4n) is 3.25. The number of piperidine rings is 1. The molecule has 0 radical (unpaired) electrons. The van der Waals surface area contributed by atoms with Gasteiger partial charge in [-0.05, 0) is 61.7 Å². The summed E-state index contributed by atoms with van der Waals surface area (Å²) in [7, 11) is 1.65. The summed E-state index contributed by atoms with van der Waals surface area (Å²) in [5.41, 5.74) is 2.20. The Morgan fingerprint density at radius 2 is 1.88 bits per heavy atom. The molecule has 2 aromatic carbocycles. The minimum atomic E-state index is 0.463. The van der Waals surface area contributed by atoms with Gasteiger partial charge in [-0.15, -0.1) is 0 Å². The molecule has 0 aromatic heterocycles. The van der Waals surface area contributed by atoms with Crippen LogP contribution in [-0.4, -0.2) is 26.7 Å². The second-order valence-electron chi connectivity index (χ2n) is 6.71. The number of benzene rings is 2. The highest BCUT2D eigenvalue weighted by Crippen LogP contribution is 2.37. The maximum atomic E-state index is 6.47. The quantitative estimate of drug-likeness (QED) is 0.732. The molecule has 0 atom stereocenters. The Balaban J connectivity index is 1.59. The van der Waals surface area contributed by atoms with Crippen molar-refractivity contribution >= 4 is 11.6 Å². The van der Waals surface area contributed by atoms with Gasteiger partial charge in [0.05, 0.1) is 12.1 Å². The van der Waals surface area contributed by atoms with Gasteiger partial charge in [0.2, 0.25) is 0 Å². The first kappa shape index (κ1) is 19.0. The van der Waals surface area contributed by atoms with Crippen molar-refractivity contribution in [2.45, 2.75) is 26.0 Å². The Kier molecular flexibility index (Phi) is 7.18. The lowest BCUT2D eigenvalue weighted by molar-refractivity contribution is 0.284. The van der Waals surface area contributed by atoms with Gasteiger partial charge in [0.1, 0.15) is 6.61 Å². The van der Waals surface area contributed by atoms with Gasteiger partial charge in [-0.3, -0.25) is 0 Å². The lowest BCUT2D eigenvalue weighted by atomic mass is 9.98. The lowest BCUT2D eigenvalue weighted by Crippen LogP contribution is -2.33.